The van der Waals surface area contributed by atoms with Crippen LogP contribution in [0.2, 0.25) is 0 Å². The van der Waals surface area contributed by atoms with Gasteiger partial charge >= 0.3 is 0 Å². The monoisotopic (exact) mass is 244 g/mol. The summed E-state index contributed by atoms with van der Waals surface area (Å²) in [5, 5.41) is 0. The first-order valence-corrected chi connectivity index (χ1v) is 4.92. The molecule has 18 heavy (non-hydrogen) atoms. The predicted molar refractivity (Wildman–Crippen MR) is 69.4 cm³/mol. The van der Waals surface area contributed by atoms with Gasteiger partial charge in [-0.25, -0.2) is 9.98 Å². The summed E-state index contributed by atoms with van der Waals surface area (Å²) >= 11 is 0. The molecule has 1 aliphatic heterocycles. The first-order valence-electron chi connectivity index (χ1n) is 4.92. The Morgan fingerprint density at radius 1 is 0.778 bits per heavy atom. The Morgan fingerprint density at radius 3 is 1.33 bits per heavy atom. The van der Waals surface area contributed by atoms with E-state index in [1.807, 2.05) is 0 Å². The zero-order valence-electron chi connectivity index (χ0n) is 9.74. The third-order valence-corrected chi connectivity index (χ3v) is 2.07. The maximum Gasteiger partial charge on any atom is 0.300 e. The van der Waals surface area contributed by atoms with Gasteiger partial charge in [0.1, 0.15) is 0 Å². The average Bonchev–Trinajstić information content (AvgIpc) is 2.36. The van der Waals surface area contributed by atoms with E-state index in [9.17, 15) is 9.59 Å². The molecule has 6 nitrogen and oxygen atoms in total. The maximum absolute atomic E-state index is 12.1. The van der Waals surface area contributed by atoms with Crippen molar-refractivity contribution in [2.24, 2.45) is 9.98 Å². The topological polar surface area (TPSA) is 65.3 Å². The summed E-state index contributed by atoms with van der Waals surface area (Å²) in [5.41, 5.74) is 0. The lowest BCUT2D eigenvalue weighted by Crippen LogP contribution is -2.57. The van der Waals surface area contributed by atoms with Crippen molar-refractivity contribution >= 4 is 23.5 Å². The number of amides is 2. The molecule has 0 atom stereocenters. The van der Waals surface area contributed by atoms with Gasteiger partial charge in [-0.2, -0.15) is 0 Å². The van der Waals surface area contributed by atoms with Gasteiger partial charge < -0.3 is 0 Å². The summed E-state index contributed by atoms with van der Waals surface area (Å²) in [6.45, 7) is 13.7. The van der Waals surface area contributed by atoms with Crippen LogP contribution in [0.15, 0.2) is 61.1 Å². The van der Waals surface area contributed by atoms with E-state index in [1.165, 1.54) is 12.4 Å². The van der Waals surface area contributed by atoms with Crippen molar-refractivity contribution in [2.75, 3.05) is 0 Å². The predicted octanol–water partition coefficient (Wildman–Crippen LogP) is 1.03. The second-order valence-corrected chi connectivity index (χ2v) is 2.99. The quantitative estimate of drug-likeness (QED) is 0.741. The molecular weight excluding hydrogens is 232 g/mol. The number of aliphatic imine (C=N–C) groups is 2. The number of hydrogen-bond acceptors (Lipinski definition) is 4. The Kier molecular flexibility index (Phi) is 4.09. The SMILES string of the molecule is C=CN=C1C(=O)N(C=C)C(=NC=C)C(=O)N1C=C. The number of rotatable bonds is 4. The molecule has 0 aromatic heterocycles. The van der Waals surface area contributed by atoms with E-state index >= 15 is 0 Å². The van der Waals surface area contributed by atoms with Crippen LogP contribution in [-0.4, -0.2) is 33.3 Å². The van der Waals surface area contributed by atoms with Crippen LogP contribution in [0, 0.1) is 0 Å². The number of carbonyl (C=O) groups excluding carboxylic acids is 2. The molecule has 1 rings (SSSR count). The van der Waals surface area contributed by atoms with Crippen LogP contribution in [0.3, 0.4) is 0 Å². The van der Waals surface area contributed by atoms with Gasteiger partial charge in [-0.1, -0.05) is 26.3 Å². The lowest BCUT2D eigenvalue weighted by Gasteiger charge is -2.30. The Balaban J connectivity index is 3.43. The molecule has 0 aliphatic carbocycles. The maximum atomic E-state index is 12.1. The third-order valence-electron chi connectivity index (χ3n) is 2.07. The molecule has 6 heteroatoms. The number of carbonyl (C=O) groups is 2. The van der Waals surface area contributed by atoms with Crippen molar-refractivity contribution in [3.63, 3.8) is 0 Å². The van der Waals surface area contributed by atoms with Crippen LogP contribution in [0.4, 0.5) is 0 Å². The summed E-state index contributed by atoms with van der Waals surface area (Å²) < 4.78 is 0. The van der Waals surface area contributed by atoms with Crippen LogP contribution >= 0.6 is 0 Å². The van der Waals surface area contributed by atoms with Gasteiger partial charge in [0.25, 0.3) is 11.8 Å². The fraction of sp³-hybridized carbons (Fsp3) is 0. The number of piperazine rings is 1. The summed E-state index contributed by atoms with van der Waals surface area (Å²) in [6.07, 6.45) is 4.69. The molecule has 92 valence electrons. The van der Waals surface area contributed by atoms with Gasteiger partial charge in [-0.3, -0.25) is 19.4 Å². The molecule has 1 fully saturated rings. The standard InChI is InChI=1S/C12H12N4O2/c1-5-13-9-11(17)16(8-4)10(14-6-2)12(18)15(9)7-3/h5-8H,1-4H2. The van der Waals surface area contributed by atoms with Gasteiger partial charge in [0.05, 0.1) is 0 Å². The number of hydrogen-bond donors (Lipinski definition) is 0. The van der Waals surface area contributed by atoms with Crippen LogP contribution < -0.4 is 0 Å². The highest BCUT2D eigenvalue weighted by atomic mass is 16.2. The van der Waals surface area contributed by atoms with Crippen molar-refractivity contribution in [2.45, 2.75) is 0 Å². The molecule has 0 aromatic rings. The minimum atomic E-state index is -0.551. The van der Waals surface area contributed by atoms with E-state index in [0.717, 1.165) is 22.2 Å². The van der Waals surface area contributed by atoms with Crippen LogP contribution in [-0.2, 0) is 9.59 Å². The largest absolute Gasteiger partial charge is 0.300 e. The Morgan fingerprint density at radius 2 is 1.11 bits per heavy atom. The summed E-state index contributed by atoms with van der Waals surface area (Å²) in [7, 11) is 0. The van der Waals surface area contributed by atoms with Gasteiger partial charge in [-0.15, -0.1) is 0 Å². The lowest BCUT2D eigenvalue weighted by atomic mass is 10.2. The normalized spacial score (nSPS) is 20.2. The summed E-state index contributed by atoms with van der Waals surface area (Å²) in [5.74, 6) is -1.34. The Labute approximate surface area is 105 Å². The highest BCUT2D eigenvalue weighted by molar-refractivity contribution is 6.57. The molecule has 0 aromatic carbocycles. The number of nitrogens with zero attached hydrogens (tertiary/aromatic N) is 4. The van der Waals surface area contributed by atoms with Crippen molar-refractivity contribution in [3.8, 4) is 0 Å². The van der Waals surface area contributed by atoms with Gasteiger partial charge in [0.15, 0.2) is 0 Å². The number of amidine groups is 2. The molecule has 1 saturated heterocycles. The van der Waals surface area contributed by atoms with Gasteiger partial charge in [0, 0.05) is 24.8 Å². The van der Waals surface area contributed by atoms with Gasteiger partial charge in [-0.05, 0) is 0 Å². The second-order valence-electron chi connectivity index (χ2n) is 2.99. The van der Waals surface area contributed by atoms with Crippen LogP contribution in [0.5, 0.6) is 0 Å². The zero-order chi connectivity index (χ0) is 13.7. The molecule has 0 spiro atoms. The highest BCUT2D eigenvalue weighted by Gasteiger charge is 2.39. The molecular formula is C12H12N4O2. The second kappa shape index (κ2) is 5.53. The lowest BCUT2D eigenvalue weighted by molar-refractivity contribution is -0.127. The van der Waals surface area contributed by atoms with E-state index < -0.39 is 11.8 Å². The third kappa shape index (κ3) is 2.03. The zero-order valence-corrected chi connectivity index (χ0v) is 9.74. The summed E-state index contributed by atoms with van der Waals surface area (Å²) in [4.78, 5) is 33.6. The molecule has 1 aliphatic rings. The Bertz CT molecular complexity index is 456. The fourth-order valence-electron chi connectivity index (χ4n) is 1.36. The smallest absolute Gasteiger partial charge is 0.265 e. The molecule has 0 unspecified atom stereocenters. The summed E-state index contributed by atoms with van der Waals surface area (Å²) in [6, 6.07) is 0. The minimum absolute atomic E-state index is 0.118. The van der Waals surface area contributed by atoms with Gasteiger partial charge in [0.2, 0.25) is 11.7 Å². The van der Waals surface area contributed by atoms with Crippen LogP contribution in [0.25, 0.3) is 0 Å². The van der Waals surface area contributed by atoms with E-state index in [1.54, 1.807) is 0 Å². The van der Waals surface area contributed by atoms with Crippen molar-refractivity contribution in [1.82, 2.24) is 9.80 Å². The molecule has 0 bridgehead atoms. The van der Waals surface area contributed by atoms with E-state index in [-0.39, 0.29) is 11.7 Å². The molecule has 1 heterocycles. The van der Waals surface area contributed by atoms with Crippen molar-refractivity contribution in [3.05, 3.63) is 51.1 Å². The van der Waals surface area contributed by atoms with Crippen molar-refractivity contribution < 1.29 is 9.59 Å². The van der Waals surface area contributed by atoms with E-state index in [0.29, 0.717) is 0 Å². The van der Waals surface area contributed by atoms with E-state index in [4.69, 9.17) is 0 Å². The fourth-order valence-corrected chi connectivity index (χ4v) is 1.36. The first kappa shape index (κ1) is 13.3. The van der Waals surface area contributed by atoms with Crippen LogP contribution in [0.1, 0.15) is 0 Å². The highest BCUT2D eigenvalue weighted by Crippen LogP contribution is 2.12. The molecule has 2 amide bonds. The van der Waals surface area contributed by atoms with Crippen molar-refractivity contribution in [1.29, 1.82) is 0 Å². The molecule has 0 N–H and O–H groups in total. The van der Waals surface area contributed by atoms with E-state index in [2.05, 4.69) is 36.3 Å². The first-order chi connectivity index (χ1) is 8.62. The molecule has 0 saturated carbocycles. The minimum Gasteiger partial charge on any atom is -0.265 e. The molecule has 0 radical (unpaired) electrons. The Hall–Kier alpha value is -2.76. The average molecular weight is 244 g/mol.